The van der Waals surface area contributed by atoms with Crippen molar-refractivity contribution in [2.45, 2.75) is 97.5 Å². The topological polar surface area (TPSA) is 147 Å². The van der Waals surface area contributed by atoms with Crippen LogP contribution in [0.5, 0.6) is 0 Å². The average Bonchev–Trinajstić information content (AvgIpc) is 3.44. The summed E-state index contributed by atoms with van der Waals surface area (Å²) in [6.45, 7) is 11.6. The Morgan fingerprint density at radius 1 is 1.22 bits per heavy atom. The third-order valence-electron chi connectivity index (χ3n) is 11.8. The fourth-order valence-electron chi connectivity index (χ4n) is 8.34. The molecule has 0 spiro atoms. The summed E-state index contributed by atoms with van der Waals surface area (Å²) in [5.74, 6) is 0.356. The molecule has 3 aliphatic heterocycles. The second kappa shape index (κ2) is 15.8. The standard InChI is InChI=1S/C41H54N6O6S/c1-23-24(2)35(23)38(49)44-31-19-34-43-32(21-54-34)26-12-13-33-28(18-26)29(20-41(4,5)22-53-40(51)30-11-8-16-47(45-30)39(31)50)37(46(33)15-9-17-48)27-10-7-14-42-36(27)25(3)52-6/h7,10,12-14,18,23-25,30-32,35,45,48H,8-9,11,15-17,19-22H2,1-6H3,(H,44,49)/t23-,24+,25-,30-,31-,32?,35?/m0/s1. The Morgan fingerprint density at radius 3 is 2.76 bits per heavy atom. The Bertz CT molecular complexity index is 1940. The molecular weight excluding hydrogens is 705 g/mol. The molecule has 2 fully saturated rings. The van der Waals surface area contributed by atoms with E-state index in [2.05, 4.69) is 67.3 Å². The van der Waals surface area contributed by atoms with Crippen molar-refractivity contribution in [3.05, 3.63) is 53.3 Å². The second-order valence-corrected chi connectivity index (χ2v) is 17.4. The molecule has 54 heavy (non-hydrogen) atoms. The van der Waals surface area contributed by atoms with Crippen LogP contribution in [0.1, 0.15) is 89.3 Å². The molecule has 7 atom stereocenters. The molecule has 3 aromatic rings. The number of aliphatic hydroxyl groups is 1. The summed E-state index contributed by atoms with van der Waals surface area (Å²) in [4.78, 5) is 51.2. The minimum absolute atomic E-state index is 0.0500. The van der Waals surface area contributed by atoms with E-state index in [4.69, 9.17) is 19.5 Å². The van der Waals surface area contributed by atoms with Gasteiger partial charge in [0.25, 0.3) is 5.91 Å². The first-order valence-electron chi connectivity index (χ1n) is 19.4. The van der Waals surface area contributed by atoms with E-state index in [0.29, 0.717) is 38.8 Å². The smallest absolute Gasteiger partial charge is 0.324 e. The highest BCUT2D eigenvalue weighted by Crippen LogP contribution is 2.46. The zero-order chi connectivity index (χ0) is 38.3. The first kappa shape index (κ1) is 38.5. The monoisotopic (exact) mass is 758 g/mol. The number of aromatic nitrogens is 2. The van der Waals surface area contributed by atoms with Crippen LogP contribution in [0.25, 0.3) is 22.2 Å². The minimum Gasteiger partial charge on any atom is -0.464 e. The first-order chi connectivity index (χ1) is 25.9. The van der Waals surface area contributed by atoms with Crippen molar-refractivity contribution in [1.82, 2.24) is 25.3 Å². The number of hydrogen-bond donors (Lipinski definition) is 3. The van der Waals surface area contributed by atoms with E-state index in [0.717, 1.165) is 49.8 Å². The quantitative estimate of drug-likeness (QED) is 0.258. The number of esters is 1. The number of ether oxygens (including phenoxy) is 2. The van der Waals surface area contributed by atoms with Crippen molar-refractivity contribution in [2.75, 3.05) is 32.6 Å². The Hall–Kier alpha value is -3.78. The number of carbonyl (C=O) groups excluding carboxylic acids is 3. The highest BCUT2D eigenvalue weighted by molar-refractivity contribution is 8.14. The predicted octanol–water partition coefficient (Wildman–Crippen LogP) is 5.38. The van der Waals surface area contributed by atoms with Crippen molar-refractivity contribution in [3.8, 4) is 11.3 Å². The van der Waals surface area contributed by atoms with Crippen molar-refractivity contribution >= 4 is 45.5 Å². The van der Waals surface area contributed by atoms with E-state index in [1.807, 2.05) is 13.0 Å². The van der Waals surface area contributed by atoms with Gasteiger partial charge in [-0.3, -0.25) is 29.4 Å². The average molecular weight is 759 g/mol. The lowest BCUT2D eigenvalue weighted by atomic mass is 9.84. The molecule has 1 aliphatic carbocycles. The van der Waals surface area contributed by atoms with Gasteiger partial charge in [-0.05, 0) is 79.8 Å². The number of fused-ring (bicyclic) bond motifs is 5. The lowest BCUT2D eigenvalue weighted by molar-refractivity contribution is -0.155. The zero-order valence-corrected chi connectivity index (χ0v) is 33.1. The molecule has 1 saturated heterocycles. The van der Waals surface area contributed by atoms with Crippen LogP contribution >= 0.6 is 11.8 Å². The minimum atomic E-state index is -0.817. The predicted molar refractivity (Wildman–Crippen MR) is 210 cm³/mol. The number of hydrogen-bond acceptors (Lipinski definition) is 10. The molecule has 13 heteroatoms. The number of aliphatic hydroxyl groups excluding tert-OH is 1. The number of rotatable bonds is 8. The summed E-state index contributed by atoms with van der Waals surface area (Å²) in [6, 6.07) is 8.92. The molecule has 7 rings (SSSR count). The number of aliphatic imine (C=N–C) groups is 1. The molecule has 5 heterocycles. The van der Waals surface area contributed by atoms with Gasteiger partial charge in [0.1, 0.15) is 12.1 Å². The van der Waals surface area contributed by atoms with Crippen LogP contribution in [-0.4, -0.2) is 87.2 Å². The summed E-state index contributed by atoms with van der Waals surface area (Å²) in [6.07, 6.45) is 4.13. The van der Waals surface area contributed by atoms with Crippen LogP contribution in [-0.2, 0) is 36.8 Å². The maximum absolute atomic E-state index is 14.1. The van der Waals surface area contributed by atoms with Gasteiger partial charge in [0, 0.05) is 73.0 Å². The summed E-state index contributed by atoms with van der Waals surface area (Å²) >= 11 is 1.63. The molecule has 12 nitrogen and oxygen atoms in total. The first-order valence-corrected chi connectivity index (χ1v) is 20.4. The van der Waals surface area contributed by atoms with Crippen molar-refractivity contribution < 1.29 is 29.0 Å². The number of thioether (sulfide) groups is 1. The van der Waals surface area contributed by atoms with Gasteiger partial charge in [0.15, 0.2) is 0 Å². The fourth-order valence-corrected chi connectivity index (χ4v) is 9.44. The lowest BCUT2D eigenvalue weighted by Gasteiger charge is -2.35. The Balaban J connectivity index is 1.35. The Labute approximate surface area is 321 Å². The van der Waals surface area contributed by atoms with E-state index in [1.54, 1.807) is 25.1 Å². The van der Waals surface area contributed by atoms with E-state index >= 15 is 0 Å². The van der Waals surface area contributed by atoms with E-state index in [-0.39, 0.29) is 61.3 Å². The van der Waals surface area contributed by atoms with Gasteiger partial charge in [-0.25, -0.2) is 5.43 Å². The van der Waals surface area contributed by atoms with Crippen molar-refractivity contribution in [3.63, 3.8) is 0 Å². The number of hydrazine groups is 1. The molecule has 4 aliphatic rings. The number of carbonyl (C=O) groups is 3. The van der Waals surface area contributed by atoms with Gasteiger partial charge in [-0.15, -0.1) is 11.8 Å². The van der Waals surface area contributed by atoms with Crippen LogP contribution in [0.4, 0.5) is 0 Å². The molecule has 0 radical (unpaired) electrons. The maximum Gasteiger partial charge on any atom is 0.324 e. The molecule has 1 saturated carbocycles. The van der Waals surface area contributed by atoms with Gasteiger partial charge >= 0.3 is 5.97 Å². The molecule has 2 amide bonds. The van der Waals surface area contributed by atoms with Crippen LogP contribution in [0, 0.1) is 23.2 Å². The van der Waals surface area contributed by atoms with Crippen LogP contribution in [0.15, 0.2) is 41.5 Å². The van der Waals surface area contributed by atoms with Gasteiger partial charge in [0.2, 0.25) is 5.91 Å². The third-order valence-corrected chi connectivity index (χ3v) is 12.9. The molecule has 290 valence electrons. The molecule has 3 N–H and O–H groups in total. The summed E-state index contributed by atoms with van der Waals surface area (Å²) in [7, 11) is 1.68. The number of methoxy groups -OCH3 is 1. The van der Waals surface area contributed by atoms with Crippen molar-refractivity contribution in [2.24, 2.45) is 28.2 Å². The highest BCUT2D eigenvalue weighted by atomic mass is 32.2. The lowest BCUT2D eigenvalue weighted by Crippen LogP contribution is -2.60. The van der Waals surface area contributed by atoms with Crippen LogP contribution < -0.4 is 10.7 Å². The molecule has 1 aromatic carbocycles. The Morgan fingerprint density at radius 2 is 2.02 bits per heavy atom. The number of amides is 2. The number of cyclic esters (lactones) is 1. The van der Waals surface area contributed by atoms with Crippen LogP contribution in [0.3, 0.4) is 0 Å². The molecule has 2 aromatic heterocycles. The summed E-state index contributed by atoms with van der Waals surface area (Å²) in [5, 5.41) is 16.5. The van der Waals surface area contributed by atoms with Gasteiger partial charge in [-0.2, -0.15) is 0 Å². The molecule has 2 unspecified atom stereocenters. The Kier molecular flexibility index (Phi) is 11.2. The zero-order valence-electron chi connectivity index (χ0n) is 32.3. The number of aryl methyl sites for hydroxylation is 1. The van der Waals surface area contributed by atoms with E-state index < -0.39 is 23.5 Å². The number of nitrogens with zero attached hydrogens (tertiary/aromatic N) is 4. The van der Waals surface area contributed by atoms with Crippen molar-refractivity contribution in [1.29, 1.82) is 0 Å². The van der Waals surface area contributed by atoms with E-state index in [9.17, 15) is 19.5 Å². The number of pyridine rings is 1. The van der Waals surface area contributed by atoms with Gasteiger partial charge in [-0.1, -0.05) is 33.8 Å². The molecule has 6 bridgehead atoms. The fraction of sp³-hybridized carbons (Fsp3) is 0.585. The summed E-state index contributed by atoms with van der Waals surface area (Å²) in [5.41, 5.74) is 8.69. The second-order valence-electron chi connectivity index (χ2n) is 16.3. The maximum atomic E-state index is 14.1. The largest absolute Gasteiger partial charge is 0.464 e. The van der Waals surface area contributed by atoms with Gasteiger partial charge < -0.3 is 24.5 Å². The van der Waals surface area contributed by atoms with E-state index in [1.165, 1.54) is 5.01 Å². The SMILES string of the molecule is CO[C@@H](C)c1ncccc1-c1c2c3cc(ccc3n1CCCO)C1CSC(=N1)C[C@H](NC(=O)C1[C@@H](C)[C@H]1C)C(=O)N1CCC[C@H](N1)C(=O)OCC(C)(C)C2. The number of nitrogens with one attached hydrogen (secondary N) is 2. The highest BCUT2D eigenvalue weighted by Gasteiger charge is 2.49. The van der Waals surface area contributed by atoms with Crippen LogP contribution in [0.2, 0.25) is 0 Å². The normalized spacial score (nSPS) is 27.6. The summed E-state index contributed by atoms with van der Waals surface area (Å²) < 4.78 is 14.2. The third kappa shape index (κ3) is 7.69. The van der Waals surface area contributed by atoms with Gasteiger partial charge in [0.05, 0.1) is 35.2 Å². The number of benzene rings is 1. The molecular formula is C41H54N6O6S.